The number of carboxylic acids is 1. The van der Waals surface area contributed by atoms with Gasteiger partial charge in [-0.15, -0.1) is 0 Å². The molecule has 0 bridgehead atoms. The molecular weight excluding hydrogens is 208 g/mol. The number of ether oxygens (including phenoxy) is 1. The van der Waals surface area contributed by atoms with Gasteiger partial charge in [-0.25, -0.2) is 4.98 Å². The lowest BCUT2D eigenvalue weighted by Crippen LogP contribution is -2.26. The van der Waals surface area contributed by atoms with Gasteiger partial charge in [0.15, 0.2) is 0 Å². The number of aliphatic carboxylic acids is 1. The van der Waals surface area contributed by atoms with Crippen LogP contribution in [0.25, 0.3) is 0 Å². The molecule has 0 spiro atoms. The quantitative estimate of drug-likeness (QED) is 0.751. The molecule has 0 aliphatic carbocycles. The molecule has 0 aliphatic heterocycles. The number of carboxylic acid groups (broad SMARTS) is 1. The van der Waals surface area contributed by atoms with E-state index >= 15 is 0 Å². The van der Waals surface area contributed by atoms with E-state index in [4.69, 9.17) is 9.84 Å². The number of nitrogens with zero attached hydrogens (tertiary/aromatic N) is 1. The highest BCUT2D eigenvalue weighted by Crippen LogP contribution is 2.12. The third-order valence-corrected chi connectivity index (χ3v) is 2.23. The van der Waals surface area contributed by atoms with Gasteiger partial charge in [-0.05, 0) is 6.07 Å². The number of rotatable bonds is 6. The van der Waals surface area contributed by atoms with Crippen molar-refractivity contribution in [2.75, 3.05) is 13.7 Å². The molecule has 1 unspecified atom stereocenters. The number of aromatic nitrogens is 1. The van der Waals surface area contributed by atoms with E-state index in [0.29, 0.717) is 19.0 Å². The summed E-state index contributed by atoms with van der Waals surface area (Å²) in [5.74, 6) is -0.633. The zero-order chi connectivity index (χ0) is 12.0. The Morgan fingerprint density at radius 3 is 3.06 bits per heavy atom. The second-order valence-electron chi connectivity index (χ2n) is 3.54. The molecule has 1 aromatic heterocycles. The van der Waals surface area contributed by atoms with E-state index < -0.39 is 11.9 Å². The Balaban J connectivity index is 2.45. The largest absolute Gasteiger partial charge is 0.481 e. The minimum absolute atomic E-state index is 0.400. The van der Waals surface area contributed by atoms with Crippen LogP contribution in [-0.4, -0.2) is 29.7 Å². The molecule has 16 heavy (non-hydrogen) atoms. The molecule has 2 N–H and O–H groups in total. The van der Waals surface area contributed by atoms with Crippen molar-refractivity contribution >= 4 is 5.97 Å². The zero-order valence-electron chi connectivity index (χ0n) is 9.43. The lowest BCUT2D eigenvalue weighted by atomic mass is 10.2. The number of nitrogens with one attached hydrogen (secondary N) is 1. The number of methoxy groups -OCH3 is 1. The second kappa shape index (κ2) is 6.07. The van der Waals surface area contributed by atoms with Crippen molar-refractivity contribution in [3.8, 4) is 5.88 Å². The predicted molar refractivity (Wildman–Crippen MR) is 59.3 cm³/mol. The molecule has 0 amide bonds. The van der Waals surface area contributed by atoms with Crippen LogP contribution >= 0.6 is 0 Å². The van der Waals surface area contributed by atoms with Crippen molar-refractivity contribution in [3.05, 3.63) is 23.9 Å². The second-order valence-corrected chi connectivity index (χ2v) is 3.54. The first-order valence-corrected chi connectivity index (χ1v) is 5.06. The lowest BCUT2D eigenvalue weighted by Gasteiger charge is -2.10. The average molecular weight is 224 g/mol. The van der Waals surface area contributed by atoms with Crippen molar-refractivity contribution in [2.45, 2.75) is 13.5 Å². The molecule has 1 aromatic rings. The maximum Gasteiger partial charge on any atom is 0.307 e. The molecule has 0 radical (unpaired) electrons. The summed E-state index contributed by atoms with van der Waals surface area (Å²) in [4.78, 5) is 14.6. The third kappa shape index (κ3) is 3.51. The molecule has 1 rings (SSSR count). The van der Waals surface area contributed by atoms with Gasteiger partial charge in [0.2, 0.25) is 5.88 Å². The van der Waals surface area contributed by atoms with Gasteiger partial charge in [0.1, 0.15) is 0 Å². The average Bonchev–Trinajstić information content (AvgIpc) is 2.29. The predicted octanol–water partition coefficient (Wildman–Crippen LogP) is 0.901. The minimum atomic E-state index is -0.800. The van der Waals surface area contributed by atoms with Crippen LogP contribution in [0.5, 0.6) is 5.88 Å². The van der Waals surface area contributed by atoms with E-state index in [-0.39, 0.29) is 0 Å². The number of hydrogen-bond acceptors (Lipinski definition) is 4. The lowest BCUT2D eigenvalue weighted by molar-refractivity contribution is -0.140. The Morgan fingerprint density at radius 1 is 1.69 bits per heavy atom. The monoisotopic (exact) mass is 224 g/mol. The van der Waals surface area contributed by atoms with Crippen molar-refractivity contribution < 1.29 is 14.6 Å². The van der Waals surface area contributed by atoms with Gasteiger partial charge in [0.05, 0.1) is 13.0 Å². The van der Waals surface area contributed by atoms with Crippen LogP contribution in [0.2, 0.25) is 0 Å². The van der Waals surface area contributed by atoms with E-state index in [0.717, 1.165) is 5.56 Å². The normalized spacial score (nSPS) is 12.1. The Labute approximate surface area is 94.5 Å². The van der Waals surface area contributed by atoms with Gasteiger partial charge in [-0.3, -0.25) is 4.79 Å². The van der Waals surface area contributed by atoms with Crippen LogP contribution in [-0.2, 0) is 11.3 Å². The van der Waals surface area contributed by atoms with E-state index in [1.165, 1.54) is 0 Å². The standard InChI is InChI=1S/C11H16N2O3/c1-8(11(14)15)6-12-7-9-4-3-5-13-10(9)16-2/h3-5,8,12H,6-7H2,1-2H3,(H,14,15). The highest BCUT2D eigenvalue weighted by Gasteiger charge is 2.10. The van der Waals surface area contributed by atoms with Crippen molar-refractivity contribution in [1.29, 1.82) is 0 Å². The SMILES string of the molecule is COc1ncccc1CNCC(C)C(=O)O. The van der Waals surface area contributed by atoms with Gasteiger partial charge in [-0.1, -0.05) is 13.0 Å². The Bertz CT molecular complexity index is 355. The summed E-state index contributed by atoms with van der Waals surface area (Å²) < 4.78 is 5.08. The molecule has 0 saturated carbocycles. The Hall–Kier alpha value is -1.62. The van der Waals surface area contributed by atoms with Gasteiger partial charge >= 0.3 is 5.97 Å². The molecule has 0 fully saturated rings. The first-order chi connectivity index (χ1) is 7.65. The van der Waals surface area contributed by atoms with E-state index in [2.05, 4.69) is 10.3 Å². The number of pyridine rings is 1. The molecular formula is C11H16N2O3. The molecule has 0 aliphatic rings. The molecule has 0 saturated heterocycles. The fraction of sp³-hybridized carbons (Fsp3) is 0.455. The maximum atomic E-state index is 10.6. The molecule has 0 aromatic carbocycles. The third-order valence-electron chi connectivity index (χ3n) is 2.23. The van der Waals surface area contributed by atoms with Crippen LogP contribution in [0.1, 0.15) is 12.5 Å². The first-order valence-electron chi connectivity index (χ1n) is 5.06. The number of hydrogen-bond donors (Lipinski definition) is 2. The van der Waals surface area contributed by atoms with Crippen LogP contribution in [0, 0.1) is 5.92 Å². The molecule has 5 nitrogen and oxygen atoms in total. The number of carbonyl (C=O) groups is 1. The fourth-order valence-corrected chi connectivity index (χ4v) is 1.25. The summed E-state index contributed by atoms with van der Waals surface area (Å²) in [6.07, 6.45) is 1.65. The summed E-state index contributed by atoms with van der Waals surface area (Å²) in [7, 11) is 1.56. The van der Waals surface area contributed by atoms with Gasteiger partial charge in [0, 0.05) is 24.8 Å². The maximum absolute atomic E-state index is 10.6. The Kier molecular flexibility index (Phi) is 4.72. The Morgan fingerprint density at radius 2 is 2.44 bits per heavy atom. The molecule has 5 heteroatoms. The smallest absolute Gasteiger partial charge is 0.307 e. The van der Waals surface area contributed by atoms with Crippen LogP contribution in [0.4, 0.5) is 0 Å². The van der Waals surface area contributed by atoms with Gasteiger partial charge in [0.25, 0.3) is 0 Å². The van der Waals surface area contributed by atoms with E-state index in [1.54, 1.807) is 20.2 Å². The van der Waals surface area contributed by atoms with Crippen LogP contribution in [0.15, 0.2) is 18.3 Å². The van der Waals surface area contributed by atoms with Gasteiger partial charge in [-0.2, -0.15) is 0 Å². The summed E-state index contributed by atoms with van der Waals surface area (Å²) >= 11 is 0. The highest BCUT2D eigenvalue weighted by molar-refractivity contribution is 5.69. The summed E-state index contributed by atoms with van der Waals surface area (Å²) in [5, 5.41) is 11.8. The van der Waals surface area contributed by atoms with Crippen molar-refractivity contribution in [1.82, 2.24) is 10.3 Å². The highest BCUT2D eigenvalue weighted by atomic mass is 16.5. The summed E-state index contributed by atoms with van der Waals surface area (Å²) in [6, 6.07) is 3.71. The molecule has 88 valence electrons. The van der Waals surface area contributed by atoms with Crippen LogP contribution in [0.3, 0.4) is 0 Å². The van der Waals surface area contributed by atoms with Crippen molar-refractivity contribution in [2.24, 2.45) is 5.92 Å². The van der Waals surface area contributed by atoms with E-state index in [9.17, 15) is 4.79 Å². The summed E-state index contributed by atoms with van der Waals surface area (Å²) in [5.41, 5.74) is 0.919. The van der Waals surface area contributed by atoms with Gasteiger partial charge < -0.3 is 15.2 Å². The van der Waals surface area contributed by atoms with Crippen molar-refractivity contribution in [3.63, 3.8) is 0 Å². The first kappa shape index (κ1) is 12.4. The van der Waals surface area contributed by atoms with E-state index in [1.807, 2.05) is 12.1 Å². The van der Waals surface area contributed by atoms with Crippen LogP contribution < -0.4 is 10.1 Å². The minimum Gasteiger partial charge on any atom is -0.481 e. The molecule has 1 heterocycles. The summed E-state index contributed by atoms with van der Waals surface area (Å²) in [6.45, 7) is 2.64. The fourth-order valence-electron chi connectivity index (χ4n) is 1.25. The zero-order valence-corrected chi connectivity index (χ0v) is 9.43. The topological polar surface area (TPSA) is 71.5 Å². The molecule has 1 atom stereocenters.